The number of benzene rings is 2. The van der Waals surface area contributed by atoms with Gasteiger partial charge in [-0.2, -0.15) is 5.10 Å². The highest BCUT2D eigenvalue weighted by Crippen LogP contribution is 2.24. The van der Waals surface area contributed by atoms with Gasteiger partial charge >= 0.3 is 5.97 Å². The van der Waals surface area contributed by atoms with Crippen molar-refractivity contribution in [1.29, 1.82) is 0 Å². The number of nitrogens with one attached hydrogen (secondary N) is 2. The maximum Gasteiger partial charge on any atom is 0.342 e. The van der Waals surface area contributed by atoms with Gasteiger partial charge in [0.25, 0.3) is 5.91 Å². The number of carbonyl (C=O) groups excluding carboxylic acids is 2. The summed E-state index contributed by atoms with van der Waals surface area (Å²) in [4.78, 5) is 23.8. The van der Waals surface area contributed by atoms with E-state index in [9.17, 15) is 14.0 Å². The van der Waals surface area contributed by atoms with Gasteiger partial charge in [-0.1, -0.05) is 24.3 Å². The molecule has 0 aliphatic heterocycles. The van der Waals surface area contributed by atoms with E-state index in [1.807, 2.05) is 0 Å². The summed E-state index contributed by atoms with van der Waals surface area (Å²) in [7, 11) is 1.55. The number of ether oxygens (including phenoxy) is 1. The van der Waals surface area contributed by atoms with Gasteiger partial charge in [0.1, 0.15) is 18.0 Å². The molecule has 0 fully saturated rings. The number of esters is 1. The molecule has 1 heterocycles. The van der Waals surface area contributed by atoms with Crippen LogP contribution in [0, 0.1) is 5.82 Å². The van der Waals surface area contributed by atoms with Gasteiger partial charge in [0.2, 0.25) is 0 Å². The van der Waals surface area contributed by atoms with Crippen LogP contribution in [0.3, 0.4) is 0 Å². The lowest BCUT2D eigenvalue weighted by atomic mass is 10.1. The summed E-state index contributed by atoms with van der Waals surface area (Å²) >= 11 is 0. The molecule has 1 amide bonds. The number of amides is 1. The van der Waals surface area contributed by atoms with Gasteiger partial charge in [-0.25, -0.2) is 9.18 Å². The highest BCUT2D eigenvalue weighted by molar-refractivity contribution is 5.96. The number of aromatic nitrogens is 2. The highest BCUT2D eigenvalue weighted by atomic mass is 19.1. The zero-order chi connectivity index (χ0) is 18.5. The third kappa shape index (κ3) is 3.61. The van der Waals surface area contributed by atoms with E-state index in [1.165, 1.54) is 12.3 Å². The monoisotopic (exact) mass is 353 g/mol. The minimum absolute atomic E-state index is 0.0226. The maximum absolute atomic E-state index is 13.9. The number of halogens is 1. The maximum atomic E-state index is 13.9. The van der Waals surface area contributed by atoms with Crippen LogP contribution < -0.4 is 5.32 Å². The smallest absolute Gasteiger partial charge is 0.342 e. The number of H-pyrrole nitrogens is 1. The molecule has 3 aromatic rings. The summed E-state index contributed by atoms with van der Waals surface area (Å²) in [5.74, 6) is -1.27. The molecule has 0 radical (unpaired) electrons. The van der Waals surface area contributed by atoms with E-state index in [4.69, 9.17) is 4.74 Å². The van der Waals surface area contributed by atoms with Crippen LogP contribution in [0.1, 0.15) is 26.3 Å². The van der Waals surface area contributed by atoms with Crippen LogP contribution in [0.4, 0.5) is 4.39 Å². The molecule has 0 spiro atoms. The van der Waals surface area contributed by atoms with Crippen LogP contribution in [-0.2, 0) is 11.3 Å². The van der Waals surface area contributed by atoms with E-state index >= 15 is 0 Å². The van der Waals surface area contributed by atoms with Gasteiger partial charge in [-0.05, 0) is 29.8 Å². The molecule has 0 aliphatic carbocycles. The predicted octanol–water partition coefficient (Wildman–Crippen LogP) is 2.93. The number of nitrogens with zero attached hydrogens (tertiary/aromatic N) is 1. The molecule has 1 aromatic heterocycles. The van der Waals surface area contributed by atoms with Gasteiger partial charge in [-0.15, -0.1) is 0 Å². The Morgan fingerprint density at radius 2 is 1.88 bits per heavy atom. The second-order valence-electron chi connectivity index (χ2n) is 5.49. The molecule has 6 nitrogen and oxygen atoms in total. The molecular weight excluding hydrogens is 337 g/mol. The zero-order valence-electron chi connectivity index (χ0n) is 14.0. The molecule has 26 heavy (non-hydrogen) atoms. The molecule has 132 valence electrons. The number of rotatable bonds is 5. The summed E-state index contributed by atoms with van der Waals surface area (Å²) in [6, 6.07) is 12.8. The minimum atomic E-state index is -0.618. The third-order valence-electron chi connectivity index (χ3n) is 3.82. The van der Waals surface area contributed by atoms with Crippen LogP contribution in [0.25, 0.3) is 11.3 Å². The van der Waals surface area contributed by atoms with Crippen molar-refractivity contribution in [2.45, 2.75) is 6.61 Å². The fourth-order valence-electron chi connectivity index (χ4n) is 2.43. The van der Waals surface area contributed by atoms with Crippen LogP contribution in [-0.4, -0.2) is 29.1 Å². The van der Waals surface area contributed by atoms with Crippen LogP contribution >= 0.6 is 0 Å². The average Bonchev–Trinajstić information content (AvgIpc) is 3.16. The first kappa shape index (κ1) is 17.3. The Labute approximate surface area is 149 Å². The number of carbonyl (C=O) groups is 2. The molecule has 7 heteroatoms. The van der Waals surface area contributed by atoms with Crippen molar-refractivity contribution in [1.82, 2.24) is 15.5 Å². The van der Waals surface area contributed by atoms with Gasteiger partial charge in [0.05, 0.1) is 11.9 Å². The Kier molecular flexibility index (Phi) is 5.07. The molecule has 0 bridgehead atoms. The average molecular weight is 353 g/mol. The van der Waals surface area contributed by atoms with Crippen molar-refractivity contribution in [3.05, 3.63) is 77.2 Å². The zero-order valence-corrected chi connectivity index (χ0v) is 14.0. The Bertz CT molecular complexity index is 935. The van der Waals surface area contributed by atoms with Crippen molar-refractivity contribution in [2.24, 2.45) is 0 Å². The fraction of sp³-hybridized carbons (Fsp3) is 0.105. The summed E-state index contributed by atoms with van der Waals surface area (Å²) in [6.07, 6.45) is 1.30. The van der Waals surface area contributed by atoms with E-state index in [2.05, 4.69) is 15.5 Å². The lowest BCUT2D eigenvalue weighted by Crippen LogP contribution is -2.17. The van der Waals surface area contributed by atoms with Crippen LogP contribution in [0.2, 0.25) is 0 Å². The number of hydrogen-bond donors (Lipinski definition) is 2. The summed E-state index contributed by atoms with van der Waals surface area (Å²) in [5, 5.41) is 8.98. The first-order chi connectivity index (χ1) is 12.6. The molecule has 0 aliphatic rings. The molecule has 2 N–H and O–H groups in total. The van der Waals surface area contributed by atoms with Crippen molar-refractivity contribution >= 4 is 11.9 Å². The van der Waals surface area contributed by atoms with Crippen molar-refractivity contribution in [2.75, 3.05) is 7.05 Å². The van der Waals surface area contributed by atoms with Gasteiger partial charge in [-0.3, -0.25) is 9.89 Å². The van der Waals surface area contributed by atoms with E-state index < -0.39 is 11.8 Å². The number of hydrogen-bond acceptors (Lipinski definition) is 4. The number of aromatic amines is 1. The quantitative estimate of drug-likeness (QED) is 0.691. The first-order valence-corrected chi connectivity index (χ1v) is 7.86. The summed E-state index contributed by atoms with van der Waals surface area (Å²) < 4.78 is 19.2. The van der Waals surface area contributed by atoms with Crippen LogP contribution in [0.15, 0.2) is 54.7 Å². The lowest BCUT2D eigenvalue weighted by Gasteiger charge is -2.07. The molecular formula is C19H16FN3O3. The second-order valence-corrected chi connectivity index (χ2v) is 5.49. The van der Waals surface area contributed by atoms with Crippen molar-refractivity contribution < 1.29 is 18.7 Å². The minimum Gasteiger partial charge on any atom is -0.457 e. The van der Waals surface area contributed by atoms with Gasteiger partial charge in [0.15, 0.2) is 0 Å². The molecule has 3 rings (SSSR count). The molecule has 0 saturated carbocycles. The molecule has 0 atom stereocenters. The van der Waals surface area contributed by atoms with E-state index in [1.54, 1.807) is 49.5 Å². The normalized spacial score (nSPS) is 10.4. The third-order valence-corrected chi connectivity index (χ3v) is 3.82. The Balaban J connectivity index is 1.71. The van der Waals surface area contributed by atoms with Crippen LogP contribution in [0.5, 0.6) is 0 Å². The molecule has 2 aromatic carbocycles. The SMILES string of the molecule is CNC(=O)c1ccc(COC(=O)c2cn[nH]c2-c2ccccc2F)cc1. The topological polar surface area (TPSA) is 84.1 Å². The van der Waals surface area contributed by atoms with Crippen molar-refractivity contribution in [3.8, 4) is 11.3 Å². The Morgan fingerprint density at radius 1 is 1.15 bits per heavy atom. The fourth-order valence-corrected chi connectivity index (χ4v) is 2.43. The highest BCUT2D eigenvalue weighted by Gasteiger charge is 2.19. The van der Waals surface area contributed by atoms with Gasteiger partial charge in [0, 0.05) is 18.2 Å². The van der Waals surface area contributed by atoms with E-state index in [0.29, 0.717) is 5.56 Å². The van der Waals surface area contributed by atoms with Gasteiger partial charge < -0.3 is 10.1 Å². The second kappa shape index (κ2) is 7.60. The van der Waals surface area contributed by atoms with E-state index in [-0.39, 0.29) is 29.3 Å². The Morgan fingerprint density at radius 3 is 2.58 bits per heavy atom. The van der Waals surface area contributed by atoms with Crippen molar-refractivity contribution in [3.63, 3.8) is 0 Å². The lowest BCUT2D eigenvalue weighted by molar-refractivity contribution is 0.0473. The Hall–Kier alpha value is -3.48. The standard InChI is InChI=1S/C19H16FN3O3/c1-21-18(24)13-8-6-12(7-9-13)11-26-19(25)15-10-22-23-17(15)14-4-2-3-5-16(14)20/h2-10H,11H2,1H3,(H,21,24)(H,22,23). The first-order valence-electron chi connectivity index (χ1n) is 7.86. The largest absolute Gasteiger partial charge is 0.457 e. The predicted molar refractivity (Wildman–Crippen MR) is 92.9 cm³/mol. The summed E-state index contributed by atoms with van der Waals surface area (Å²) in [5.41, 5.74) is 1.90. The summed E-state index contributed by atoms with van der Waals surface area (Å²) in [6.45, 7) is 0.0226. The molecule has 0 saturated heterocycles. The molecule has 0 unspecified atom stereocenters. The van der Waals surface area contributed by atoms with E-state index in [0.717, 1.165) is 5.56 Å².